The Bertz CT molecular complexity index is 508. The summed E-state index contributed by atoms with van der Waals surface area (Å²) in [5.74, 6) is 0. The van der Waals surface area contributed by atoms with Gasteiger partial charge in [0.25, 0.3) is 5.69 Å². The smallest absolute Gasteiger partial charge is 0.258 e. The van der Waals surface area contributed by atoms with Crippen LogP contribution in [0.3, 0.4) is 0 Å². The molecule has 5 heteroatoms. The van der Waals surface area contributed by atoms with Crippen LogP contribution in [0.25, 0.3) is 11.3 Å². The lowest BCUT2D eigenvalue weighted by Crippen LogP contribution is -1.91. The van der Waals surface area contributed by atoms with Crippen molar-refractivity contribution in [1.82, 2.24) is 4.98 Å². The molecule has 0 fully saturated rings. The highest BCUT2D eigenvalue weighted by atomic mass is 32.1. The van der Waals surface area contributed by atoms with E-state index in [1.165, 1.54) is 17.4 Å². The standard InChI is InChI=1S/C10H8N2O2S/c1-7-11-9(6-15-7)8-4-2-3-5-10(8)12(13)14/h2-6H,1H3. The van der Waals surface area contributed by atoms with E-state index >= 15 is 0 Å². The first kappa shape index (κ1) is 9.79. The van der Waals surface area contributed by atoms with E-state index < -0.39 is 0 Å². The number of aryl methyl sites for hydroxylation is 1. The lowest BCUT2D eigenvalue weighted by atomic mass is 10.1. The summed E-state index contributed by atoms with van der Waals surface area (Å²) in [6.07, 6.45) is 0. The molecule has 1 aromatic carbocycles. The van der Waals surface area contributed by atoms with E-state index in [9.17, 15) is 10.1 Å². The zero-order chi connectivity index (χ0) is 10.8. The predicted molar refractivity (Wildman–Crippen MR) is 58.9 cm³/mol. The van der Waals surface area contributed by atoms with Crippen molar-refractivity contribution in [1.29, 1.82) is 0 Å². The number of rotatable bonds is 2. The molecule has 2 aromatic rings. The molecule has 1 aromatic heterocycles. The molecular formula is C10H8N2O2S. The first-order valence-corrected chi connectivity index (χ1v) is 5.22. The molecule has 0 saturated heterocycles. The summed E-state index contributed by atoms with van der Waals surface area (Å²) < 4.78 is 0. The van der Waals surface area contributed by atoms with E-state index in [2.05, 4.69) is 4.98 Å². The number of benzene rings is 1. The van der Waals surface area contributed by atoms with Crippen molar-refractivity contribution in [2.24, 2.45) is 0 Å². The Hall–Kier alpha value is -1.75. The normalized spacial score (nSPS) is 10.2. The fourth-order valence-corrected chi connectivity index (χ4v) is 1.95. The number of para-hydroxylation sites is 1. The Labute approximate surface area is 90.4 Å². The summed E-state index contributed by atoms with van der Waals surface area (Å²) in [4.78, 5) is 14.6. The third kappa shape index (κ3) is 1.87. The zero-order valence-electron chi connectivity index (χ0n) is 8.01. The number of aromatic nitrogens is 1. The van der Waals surface area contributed by atoms with Gasteiger partial charge in [0.1, 0.15) is 0 Å². The summed E-state index contributed by atoms with van der Waals surface area (Å²) in [6.45, 7) is 1.88. The second-order valence-electron chi connectivity index (χ2n) is 3.03. The van der Waals surface area contributed by atoms with Crippen molar-refractivity contribution < 1.29 is 4.92 Å². The van der Waals surface area contributed by atoms with Crippen LogP contribution in [-0.4, -0.2) is 9.91 Å². The van der Waals surface area contributed by atoms with Crippen LogP contribution in [0.1, 0.15) is 5.01 Å². The second-order valence-corrected chi connectivity index (χ2v) is 4.09. The molecule has 0 atom stereocenters. The molecular weight excluding hydrogens is 212 g/mol. The lowest BCUT2D eigenvalue weighted by Gasteiger charge is -1.97. The van der Waals surface area contributed by atoms with Gasteiger partial charge in [0.15, 0.2) is 0 Å². The number of nitro groups is 1. The Morgan fingerprint density at radius 3 is 2.73 bits per heavy atom. The zero-order valence-corrected chi connectivity index (χ0v) is 8.82. The van der Waals surface area contributed by atoms with Crippen LogP contribution in [0.2, 0.25) is 0 Å². The number of nitro benzene ring substituents is 1. The van der Waals surface area contributed by atoms with Gasteiger partial charge in [-0.2, -0.15) is 0 Å². The Morgan fingerprint density at radius 1 is 1.40 bits per heavy atom. The van der Waals surface area contributed by atoms with E-state index in [-0.39, 0.29) is 10.6 Å². The van der Waals surface area contributed by atoms with Gasteiger partial charge >= 0.3 is 0 Å². The maximum atomic E-state index is 10.8. The van der Waals surface area contributed by atoms with E-state index in [1.54, 1.807) is 18.2 Å². The molecule has 0 amide bonds. The molecule has 76 valence electrons. The van der Waals surface area contributed by atoms with E-state index in [4.69, 9.17) is 0 Å². The maximum absolute atomic E-state index is 10.8. The van der Waals surface area contributed by atoms with Gasteiger partial charge < -0.3 is 0 Å². The van der Waals surface area contributed by atoms with Gasteiger partial charge in [0, 0.05) is 11.4 Å². The van der Waals surface area contributed by atoms with Crippen LogP contribution < -0.4 is 0 Å². The number of thiazole rings is 1. The average molecular weight is 220 g/mol. The van der Waals surface area contributed by atoms with Crippen molar-refractivity contribution in [3.63, 3.8) is 0 Å². The molecule has 15 heavy (non-hydrogen) atoms. The summed E-state index contributed by atoms with van der Waals surface area (Å²) in [5, 5.41) is 13.5. The van der Waals surface area contributed by atoms with Crippen LogP contribution >= 0.6 is 11.3 Å². The largest absolute Gasteiger partial charge is 0.278 e. The van der Waals surface area contributed by atoms with Crippen molar-refractivity contribution in [3.05, 3.63) is 44.8 Å². The Kier molecular flexibility index (Phi) is 2.47. The average Bonchev–Trinajstić information content (AvgIpc) is 2.65. The third-order valence-corrected chi connectivity index (χ3v) is 2.77. The van der Waals surface area contributed by atoms with Gasteiger partial charge in [-0.3, -0.25) is 10.1 Å². The molecule has 0 aliphatic heterocycles. The van der Waals surface area contributed by atoms with E-state index in [0.29, 0.717) is 11.3 Å². The predicted octanol–water partition coefficient (Wildman–Crippen LogP) is 3.03. The van der Waals surface area contributed by atoms with Crippen LogP contribution in [0.15, 0.2) is 29.6 Å². The molecule has 0 aliphatic carbocycles. The number of hydrogen-bond donors (Lipinski definition) is 0. The highest BCUT2D eigenvalue weighted by Gasteiger charge is 2.15. The van der Waals surface area contributed by atoms with Crippen LogP contribution in [0.5, 0.6) is 0 Å². The molecule has 4 nitrogen and oxygen atoms in total. The van der Waals surface area contributed by atoms with Crippen molar-refractivity contribution >= 4 is 17.0 Å². The second kappa shape index (κ2) is 3.78. The SMILES string of the molecule is Cc1nc(-c2ccccc2[N+](=O)[O-])cs1. The molecule has 1 heterocycles. The maximum Gasteiger partial charge on any atom is 0.278 e. The summed E-state index contributed by atoms with van der Waals surface area (Å²) in [7, 11) is 0. The van der Waals surface area contributed by atoms with Gasteiger partial charge in [0.2, 0.25) is 0 Å². The third-order valence-electron chi connectivity index (χ3n) is 2.00. The van der Waals surface area contributed by atoms with E-state index in [1.807, 2.05) is 12.3 Å². The minimum atomic E-state index is -0.385. The molecule has 0 N–H and O–H groups in total. The number of hydrogen-bond acceptors (Lipinski definition) is 4. The Balaban J connectivity index is 2.57. The van der Waals surface area contributed by atoms with E-state index in [0.717, 1.165) is 5.01 Å². The highest BCUT2D eigenvalue weighted by molar-refractivity contribution is 7.09. The quantitative estimate of drug-likeness (QED) is 0.577. The van der Waals surface area contributed by atoms with Crippen LogP contribution in [-0.2, 0) is 0 Å². The molecule has 0 bridgehead atoms. The fourth-order valence-electron chi connectivity index (χ4n) is 1.34. The van der Waals surface area contributed by atoms with Gasteiger partial charge in [-0.15, -0.1) is 11.3 Å². The van der Waals surface area contributed by atoms with Crippen molar-refractivity contribution in [2.45, 2.75) is 6.92 Å². The summed E-state index contributed by atoms with van der Waals surface area (Å²) in [5.41, 5.74) is 1.35. The highest BCUT2D eigenvalue weighted by Crippen LogP contribution is 2.29. The molecule has 0 saturated carbocycles. The molecule has 0 unspecified atom stereocenters. The molecule has 0 aliphatic rings. The first-order valence-electron chi connectivity index (χ1n) is 4.34. The number of nitrogens with zero attached hydrogens (tertiary/aromatic N) is 2. The van der Waals surface area contributed by atoms with Gasteiger partial charge in [-0.05, 0) is 13.0 Å². The van der Waals surface area contributed by atoms with Crippen molar-refractivity contribution in [2.75, 3.05) is 0 Å². The summed E-state index contributed by atoms with van der Waals surface area (Å²) in [6, 6.07) is 6.63. The van der Waals surface area contributed by atoms with Gasteiger partial charge in [0.05, 0.1) is 21.2 Å². The van der Waals surface area contributed by atoms with Crippen molar-refractivity contribution in [3.8, 4) is 11.3 Å². The monoisotopic (exact) mass is 220 g/mol. The molecule has 2 rings (SSSR count). The molecule has 0 spiro atoms. The topological polar surface area (TPSA) is 56.0 Å². The lowest BCUT2D eigenvalue weighted by molar-refractivity contribution is -0.384. The van der Waals surface area contributed by atoms with Crippen LogP contribution in [0, 0.1) is 17.0 Å². The fraction of sp³-hybridized carbons (Fsp3) is 0.100. The Morgan fingerprint density at radius 2 is 2.13 bits per heavy atom. The summed E-state index contributed by atoms with van der Waals surface area (Å²) >= 11 is 1.49. The van der Waals surface area contributed by atoms with Gasteiger partial charge in [-0.25, -0.2) is 4.98 Å². The molecule has 0 radical (unpaired) electrons. The first-order chi connectivity index (χ1) is 7.18. The van der Waals surface area contributed by atoms with Crippen LogP contribution in [0.4, 0.5) is 5.69 Å². The van der Waals surface area contributed by atoms with Gasteiger partial charge in [-0.1, -0.05) is 12.1 Å². The minimum absolute atomic E-state index is 0.0998. The minimum Gasteiger partial charge on any atom is -0.258 e.